The van der Waals surface area contributed by atoms with Crippen molar-refractivity contribution in [3.8, 4) is 0 Å². The van der Waals surface area contributed by atoms with E-state index in [4.69, 9.17) is 22.8 Å². The van der Waals surface area contributed by atoms with Crippen molar-refractivity contribution in [1.82, 2.24) is 9.55 Å². The van der Waals surface area contributed by atoms with E-state index in [0.29, 0.717) is 23.3 Å². The Bertz CT molecular complexity index is 1390. The van der Waals surface area contributed by atoms with Gasteiger partial charge in [-0.1, -0.05) is 5.11 Å². The molecule has 1 aromatic rings. The van der Waals surface area contributed by atoms with Crippen LogP contribution in [0, 0.1) is 6.92 Å². The highest BCUT2D eigenvalue weighted by Crippen LogP contribution is 2.42. The molecule has 1 aliphatic heterocycles. The van der Waals surface area contributed by atoms with Gasteiger partial charge in [0, 0.05) is 16.7 Å². The van der Waals surface area contributed by atoms with Gasteiger partial charge in [0.15, 0.2) is 6.23 Å². The second-order valence-electron chi connectivity index (χ2n) is 7.40. The summed E-state index contributed by atoms with van der Waals surface area (Å²) in [6.45, 7) is -0.738. The lowest BCUT2D eigenvalue weighted by Crippen LogP contribution is -2.51. The van der Waals surface area contributed by atoms with Gasteiger partial charge in [0.25, 0.3) is 35.9 Å². The molecule has 0 bridgehead atoms. The van der Waals surface area contributed by atoms with E-state index in [-0.39, 0.29) is 5.56 Å². The summed E-state index contributed by atoms with van der Waals surface area (Å²) in [6, 6.07) is -1.81. The number of ether oxygens (including phenoxy) is 1. The van der Waals surface area contributed by atoms with Gasteiger partial charge >= 0.3 is 5.69 Å². The van der Waals surface area contributed by atoms with E-state index < -0.39 is 78.8 Å². The highest BCUT2D eigenvalue weighted by atomic mass is 32.2. The maximum Gasteiger partial charge on any atom is 0.330 e. The molecule has 2 heterocycles. The third-order valence-corrected chi connectivity index (χ3v) is 6.07. The van der Waals surface area contributed by atoms with Crippen LogP contribution in [0.2, 0.25) is 0 Å². The fourth-order valence-corrected chi connectivity index (χ4v) is 4.48. The highest BCUT2D eigenvalue weighted by Gasteiger charge is 2.59. The van der Waals surface area contributed by atoms with Crippen LogP contribution in [-0.4, -0.2) is 84.5 Å². The molecule has 2 unspecified atom stereocenters. The SMILES string of the molecule is Cc1cn(C2OC(COS(C)(=O)=O)(COS(C)(=O)=O)C(N=[N+]=[N-])[C@H]2OS(C)(=O)=O)c(=O)[nH]c1=O. The number of nitrogens with zero attached hydrogens (tertiary/aromatic N) is 4. The van der Waals surface area contributed by atoms with Crippen LogP contribution in [0.4, 0.5) is 0 Å². The molecule has 17 nitrogen and oxygen atoms in total. The predicted molar refractivity (Wildman–Crippen MR) is 113 cm³/mol. The fraction of sp³-hybridized carbons (Fsp3) is 0.714. The third kappa shape index (κ3) is 7.09. The predicted octanol–water partition coefficient (Wildman–Crippen LogP) is -1.91. The number of nitrogens with one attached hydrogen (secondary N) is 1. The van der Waals surface area contributed by atoms with Crippen LogP contribution in [0.1, 0.15) is 11.8 Å². The smallest absolute Gasteiger partial charge is 0.330 e. The maximum atomic E-state index is 12.5. The molecule has 0 saturated carbocycles. The van der Waals surface area contributed by atoms with Crippen molar-refractivity contribution in [2.75, 3.05) is 32.0 Å². The maximum absolute atomic E-state index is 12.5. The van der Waals surface area contributed by atoms with Crippen LogP contribution in [0.5, 0.6) is 0 Å². The Morgan fingerprint density at radius 1 is 1.09 bits per heavy atom. The van der Waals surface area contributed by atoms with E-state index in [1.165, 1.54) is 6.92 Å². The molecule has 1 aromatic heterocycles. The van der Waals surface area contributed by atoms with E-state index in [1.54, 1.807) is 0 Å². The minimum atomic E-state index is -4.34. The largest absolute Gasteiger partial charge is 0.343 e. The third-order valence-electron chi connectivity index (χ3n) is 4.40. The zero-order valence-corrected chi connectivity index (χ0v) is 20.6. The minimum absolute atomic E-state index is 0.0149. The lowest BCUT2D eigenvalue weighted by molar-refractivity contribution is -0.121. The van der Waals surface area contributed by atoms with Gasteiger partial charge in [0.1, 0.15) is 17.7 Å². The van der Waals surface area contributed by atoms with Crippen LogP contribution in [0.3, 0.4) is 0 Å². The summed E-state index contributed by atoms with van der Waals surface area (Å²) in [5, 5.41) is 3.42. The fourth-order valence-electron chi connectivity index (χ4n) is 3.05. The molecule has 1 fully saturated rings. The standard InChI is InChI=1S/C14H21N5O12S3/c1-8-5-19(13(21)16-11(8)20)12-9(31-34(4,26)27)10(17-18-15)14(30-12,6-28-32(2,22)23)7-29-33(3,24)25/h5,9-10,12H,6-7H2,1-4H3,(H,16,20,21)/t9-,10?,12?/m1/s1. The van der Waals surface area contributed by atoms with Crippen molar-refractivity contribution < 1.29 is 42.5 Å². The molecule has 0 amide bonds. The molecule has 192 valence electrons. The van der Waals surface area contributed by atoms with Crippen LogP contribution >= 0.6 is 0 Å². The number of H-pyrrole nitrogens is 1. The van der Waals surface area contributed by atoms with E-state index in [1.807, 2.05) is 4.98 Å². The molecular formula is C14H21N5O12S3. The molecule has 0 spiro atoms. The van der Waals surface area contributed by atoms with Gasteiger partial charge in [-0.05, 0) is 12.5 Å². The minimum Gasteiger partial charge on any atom is -0.343 e. The summed E-state index contributed by atoms with van der Waals surface area (Å²) < 4.78 is 91.3. The monoisotopic (exact) mass is 547 g/mol. The first-order valence-corrected chi connectivity index (χ1v) is 14.4. The van der Waals surface area contributed by atoms with Crippen LogP contribution in [0.25, 0.3) is 10.4 Å². The first kappa shape index (κ1) is 27.9. The number of hydrogen-bond donors (Lipinski definition) is 1. The molecule has 1 aliphatic rings. The van der Waals surface area contributed by atoms with E-state index in [0.717, 1.165) is 6.20 Å². The molecule has 1 saturated heterocycles. The molecule has 34 heavy (non-hydrogen) atoms. The van der Waals surface area contributed by atoms with Gasteiger partial charge in [-0.15, -0.1) is 0 Å². The second-order valence-corrected chi connectivity index (χ2v) is 12.3. The Morgan fingerprint density at radius 2 is 1.62 bits per heavy atom. The summed E-state index contributed by atoms with van der Waals surface area (Å²) in [6.07, 6.45) is -0.679. The molecule has 20 heteroatoms. The van der Waals surface area contributed by atoms with Gasteiger partial charge in [0.05, 0.1) is 32.0 Å². The molecule has 3 atom stereocenters. The second kappa shape index (κ2) is 9.74. The topological polar surface area (TPSA) is 243 Å². The van der Waals surface area contributed by atoms with Gasteiger partial charge in [-0.3, -0.25) is 26.9 Å². The Hall–Kier alpha value is -2.32. The molecule has 0 radical (unpaired) electrons. The van der Waals surface area contributed by atoms with Crippen LogP contribution in [-0.2, 0) is 47.6 Å². The lowest BCUT2D eigenvalue weighted by Gasteiger charge is -2.31. The van der Waals surface area contributed by atoms with Gasteiger partial charge in [-0.2, -0.15) is 25.3 Å². The van der Waals surface area contributed by atoms with Gasteiger partial charge in [-0.25, -0.2) is 4.79 Å². The summed E-state index contributed by atoms with van der Waals surface area (Å²) in [5.41, 5.74) is 4.93. The number of aromatic nitrogens is 2. The van der Waals surface area contributed by atoms with Crippen molar-refractivity contribution in [2.24, 2.45) is 5.11 Å². The first-order valence-electron chi connectivity index (χ1n) is 8.99. The van der Waals surface area contributed by atoms with Crippen molar-refractivity contribution in [3.63, 3.8) is 0 Å². The Kier molecular flexibility index (Phi) is 8.00. The average Bonchev–Trinajstić information content (AvgIpc) is 2.93. The summed E-state index contributed by atoms with van der Waals surface area (Å²) in [4.78, 5) is 28.8. The normalized spacial score (nSPS) is 22.9. The van der Waals surface area contributed by atoms with Crippen molar-refractivity contribution in [1.29, 1.82) is 0 Å². The number of azide groups is 1. The van der Waals surface area contributed by atoms with Gasteiger partial charge in [0.2, 0.25) is 0 Å². The number of aromatic amines is 1. The Labute approximate surface area is 193 Å². The molecule has 1 N–H and O–H groups in total. The summed E-state index contributed by atoms with van der Waals surface area (Å²) in [7, 11) is -12.7. The van der Waals surface area contributed by atoms with Gasteiger partial charge < -0.3 is 4.74 Å². The lowest BCUT2D eigenvalue weighted by atomic mass is 9.95. The number of hydrogen-bond acceptors (Lipinski definition) is 13. The van der Waals surface area contributed by atoms with Crippen LogP contribution < -0.4 is 11.2 Å². The Balaban J connectivity index is 2.79. The summed E-state index contributed by atoms with van der Waals surface area (Å²) >= 11 is 0. The van der Waals surface area contributed by atoms with Crippen molar-refractivity contribution in [3.05, 3.63) is 43.0 Å². The van der Waals surface area contributed by atoms with Crippen molar-refractivity contribution in [2.45, 2.75) is 30.9 Å². The zero-order chi connectivity index (χ0) is 26.1. The molecular weight excluding hydrogens is 526 g/mol. The van der Waals surface area contributed by atoms with E-state index in [2.05, 4.69) is 10.0 Å². The quantitative estimate of drug-likeness (QED) is 0.146. The first-order chi connectivity index (χ1) is 15.4. The zero-order valence-electron chi connectivity index (χ0n) is 18.1. The molecule has 2 rings (SSSR count). The van der Waals surface area contributed by atoms with E-state index in [9.17, 15) is 34.8 Å². The van der Waals surface area contributed by atoms with E-state index >= 15 is 0 Å². The summed E-state index contributed by atoms with van der Waals surface area (Å²) in [5.74, 6) is 0. The molecule has 0 aromatic carbocycles. The molecule has 0 aliphatic carbocycles. The number of aryl methyl sites for hydroxylation is 1. The highest BCUT2D eigenvalue weighted by molar-refractivity contribution is 7.86. The van der Waals surface area contributed by atoms with Crippen LogP contribution in [0.15, 0.2) is 20.9 Å². The van der Waals surface area contributed by atoms with Crippen molar-refractivity contribution >= 4 is 30.4 Å². The Morgan fingerprint density at radius 3 is 2.06 bits per heavy atom. The average molecular weight is 548 g/mol. The number of rotatable bonds is 10.